The minimum Gasteiger partial charge on any atom is -0.273 e. The Kier molecular flexibility index (Phi) is 4.03. The zero-order valence-electron chi connectivity index (χ0n) is 15.2. The molecule has 0 radical (unpaired) electrons. The van der Waals surface area contributed by atoms with Crippen LogP contribution in [-0.4, -0.2) is 17.9 Å². The SMILES string of the molecule is Cc1ccc(N2C(=O)[C@@H]3[C@H](ON(c4ccccc4)[C@H]3c3cccs3)C2=O)cc1. The number of hydroxylamine groups is 1. The maximum atomic E-state index is 13.4. The van der Waals surface area contributed by atoms with Crippen LogP contribution in [0.5, 0.6) is 0 Å². The van der Waals surface area contributed by atoms with Crippen molar-refractivity contribution in [2.45, 2.75) is 19.1 Å². The number of imide groups is 1. The van der Waals surface area contributed by atoms with Crippen LogP contribution in [0.2, 0.25) is 0 Å². The van der Waals surface area contributed by atoms with Gasteiger partial charge in [0.15, 0.2) is 6.10 Å². The van der Waals surface area contributed by atoms with E-state index in [4.69, 9.17) is 4.84 Å². The van der Waals surface area contributed by atoms with E-state index in [2.05, 4.69) is 0 Å². The van der Waals surface area contributed by atoms with Gasteiger partial charge in [-0.05, 0) is 42.6 Å². The number of aryl methyl sites for hydroxylation is 1. The average Bonchev–Trinajstić information content (AvgIpc) is 3.42. The van der Waals surface area contributed by atoms with E-state index in [1.165, 1.54) is 4.90 Å². The summed E-state index contributed by atoms with van der Waals surface area (Å²) in [7, 11) is 0. The topological polar surface area (TPSA) is 49.9 Å². The molecule has 0 saturated carbocycles. The van der Waals surface area contributed by atoms with Gasteiger partial charge in [0, 0.05) is 4.88 Å². The third-order valence-corrected chi connectivity index (χ3v) is 6.20. The molecule has 140 valence electrons. The molecule has 5 nitrogen and oxygen atoms in total. The predicted molar refractivity (Wildman–Crippen MR) is 108 cm³/mol. The summed E-state index contributed by atoms with van der Waals surface area (Å²) in [6.45, 7) is 1.97. The summed E-state index contributed by atoms with van der Waals surface area (Å²) in [4.78, 5) is 34.9. The number of amides is 2. The first-order chi connectivity index (χ1) is 13.6. The molecule has 2 aliphatic rings. The van der Waals surface area contributed by atoms with Gasteiger partial charge in [-0.15, -0.1) is 11.3 Å². The summed E-state index contributed by atoms with van der Waals surface area (Å²) in [5.74, 6) is -1.10. The molecular weight excluding hydrogens is 372 g/mol. The van der Waals surface area contributed by atoms with Crippen LogP contribution in [-0.2, 0) is 14.4 Å². The Morgan fingerprint density at radius 3 is 2.29 bits per heavy atom. The zero-order valence-corrected chi connectivity index (χ0v) is 16.0. The number of hydrogen-bond acceptors (Lipinski definition) is 5. The highest BCUT2D eigenvalue weighted by atomic mass is 32.1. The molecule has 0 bridgehead atoms. The van der Waals surface area contributed by atoms with Crippen LogP contribution in [0.1, 0.15) is 16.5 Å². The first-order valence-electron chi connectivity index (χ1n) is 9.14. The minimum atomic E-state index is -0.818. The highest BCUT2D eigenvalue weighted by molar-refractivity contribution is 7.10. The van der Waals surface area contributed by atoms with Crippen molar-refractivity contribution in [3.05, 3.63) is 82.6 Å². The highest BCUT2D eigenvalue weighted by Gasteiger charge is 2.60. The van der Waals surface area contributed by atoms with E-state index in [9.17, 15) is 9.59 Å². The fourth-order valence-corrected chi connectivity index (χ4v) is 4.76. The van der Waals surface area contributed by atoms with E-state index in [0.29, 0.717) is 5.69 Å². The first kappa shape index (κ1) is 17.2. The molecule has 5 rings (SSSR count). The molecule has 28 heavy (non-hydrogen) atoms. The number of benzene rings is 2. The molecule has 0 aliphatic carbocycles. The molecule has 3 aromatic rings. The summed E-state index contributed by atoms with van der Waals surface area (Å²) < 4.78 is 0. The number of hydrogen-bond donors (Lipinski definition) is 0. The number of anilines is 2. The van der Waals surface area contributed by atoms with Crippen molar-refractivity contribution in [2.24, 2.45) is 5.92 Å². The summed E-state index contributed by atoms with van der Waals surface area (Å²) >= 11 is 1.57. The van der Waals surface area contributed by atoms with E-state index >= 15 is 0 Å². The highest BCUT2D eigenvalue weighted by Crippen LogP contribution is 2.48. The lowest BCUT2D eigenvalue weighted by atomic mass is 9.95. The molecule has 2 aliphatic heterocycles. The van der Waals surface area contributed by atoms with Gasteiger partial charge in [0.1, 0.15) is 12.0 Å². The largest absolute Gasteiger partial charge is 0.273 e. The third kappa shape index (κ3) is 2.57. The Hall–Kier alpha value is -2.96. The summed E-state index contributed by atoms with van der Waals surface area (Å²) in [6.07, 6.45) is -0.818. The predicted octanol–water partition coefficient (Wildman–Crippen LogP) is 4.11. The third-order valence-electron chi connectivity index (χ3n) is 5.25. The van der Waals surface area contributed by atoms with Crippen molar-refractivity contribution in [1.29, 1.82) is 0 Å². The molecule has 0 unspecified atom stereocenters. The van der Waals surface area contributed by atoms with Gasteiger partial charge >= 0.3 is 0 Å². The second-order valence-corrected chi connectivity index (χ2v) is 8.00. The van der Waals surface area contributed by atoms with E-state index in [-0.39, 0.29) is 17.9 Å². The smallest absolute Gasteiger partial charge is 0.266 e. The van der Waals surface area contributed by atoms with Crippen LogP contribution in [0.4, 0.5) is 11.4 Å². The van der Waals surface area contributed by atoms with Crippen molar-refractivity contribution in [3.8, 4) is 0 Å². The molecular formula is C22H18N2O3S. The van der Waals surface area contributed by atoms with Gasteiger partial charge in [-0.2, -0.15) is 0 Å². The molecule has 2 fully saturated rings. The van der Waals surface area contributed by atoms with Gasteiger partial charge in [0.2, 0.25) is 5.91 Å². The first-order valence-corrected chi connectivity index (χ1v) is 10.0. The van der Waals surface area contributed by atoms with Gasteiger partial charge in [-0.3, -0.25) is 14.4 Å². The Bertz CT molecular complexity index is 1020. The van der Waals surface area contributed by atoms with Gasteiger partial charge in [-0.1, -0.05) is 42.0 Å². The van der Waals surface area contributed by atoms with E-state index in [1.807, 2.05) is 66.9 Å². The molecule has 3 heterocycles. The average molecular weight is 390 g/mol. The van der Waals surface area contributed by atoms with Crippen LogP contribution in [0.25, 0.3) is 0 Å². The van der Waals surface area contributed by atoms with Crippen molar-refractivity contribution in [2.75, 3.05) is 9.96 Å². The summed E-state index contributed by atoms with van der Waals surface area (Å²) in [6, 6.07) is 20.6. The Morgan fingerprint density at radius 2 is 1.61 bits per heavy atom. The lowest BCUT2D eigenvalue weighted by Gasteiger charge is -2.27. The molecule has 1 aromatic heterocycles. The second kappa shape index (κ2) is 6.58. The molecule has 2 saturated heterocycles. The Balaban J connectivity index is 1.56. The van der Waals surface area contributed by atoms with Crippen LogP contribution in [0.15, 0.2) is 72.1 Å². The molecule has 3 atom stereocenters. The van der Waals surface area contributed by atoms with Crippen LogP contribution >= 0.6 is 11.3 Å². The van der Waals surface area contributed by atoms with Crippen LogP contribution < -0.4 is 9.96 Å². The van der Waals surface area contributed by atoms with Gasteiger partial charge in [-0.25, -0.2) is 9.96 Å². The van der Waals surface area contributed by atoms with Gasteiger partial charge in [0.05, 0.1) is 11.4 Å². The molecule has 0 spiro atoms. The number of thiophene rings is 1. The van der Waals surface area contributed by atoms with Crippen molar-refractivity contribution < 1.29 is 14.4 Å². The fourth-order valence-electron chi connectivity index (χ4n) is 3.91. The van der Waals surface area contributed by atoms with E-state index in [1.54, 1.807) is 28.5 Å². The maximum absolute atomic E-state index is 13.4. The molecule has 2 amide bonds. The normalized spacial score (nSPS) is 24.1. The van der Waals surface area contributed by atoms with Gasteiger partial charge < -0.3 is 0 Å². The summed E-state index contributed by atoms with van der Waals surface area (Å²) in [5.41, 5.74) is 2.50. The number of carbonyl (C=O) groups is 2. The zero-order chi connectivity index (χ0) is 19.3. The van der Waals surface area contributed by atoms with Crippen LogP contribution in [0.3, 0.4) is 0 Å². The minimum absolute atomic E-state index is 0.212. The number of nitrogens with zero attached hydrogens (tertiary/aromatic N) is 2. The Morgan fingerprint density at radius 1 is 0.857 bits per heavy atom. The standard InChI is InChI=1S/C22H18N2O3S/c1-14-9-11-15(12-10-14)23-21(25)18-19(17-8-5-13-28-17)24(27-20(18)22(23)26)16-6-3-2-4-7-16/h2-13,18-20H,1H3/t18-,19-,20-/m0/s1. The number of fused-ring (bicyclic) bond motifs is 1. The Labute approximate surface area is 166 Å². The van der Waals surface area contributed by atoms with Crippen molar-refractivity contribution in [1.82, 2.24) is 0 Å². The lowest BCUT2D eigenvalue weighted by Crippen LogP contribution is -2.37. The summed E-state index contributed by atoms with van der Waals surface area (Å²) in [5, 5.41) is 3.70. The van der Waals surface area contributed by atoms with Crippen LogP contribution in [0, 0.1) is 12.8 Å². The molecule has 6 heteroatoms. The lowest BCUT2D eigenvalue weighted by molar-refractivity contribution is -0.126. The maximum Gasteiger partial charge on any atom is 0.266 e. The molecule has 0 N–H and O–H groups in total. The fraction of sp³-hybridized carbons (Fsp3) is 0.182. The quantitative estimate of drug-likeness (QED) is 0.632. The number of rotatable bonds is 3. The molecule has 2 aromatic carbocycles. The van der Waals surface area contributed by atoms with E-state index < -0.39 is 12.0 Å². The monoisotopic (exact) mass is 390 g/mol. The second-order valence-electron chi connectivity index (χ2n) is 7.02. The van der Waals surface area contributed by atoms with Crippen molar-refractivity contribution >= 4 is 34.5 Å². The number of para-hydroxylation sites is 1. The number of carbonyl (C=O) groups excluding carboxylic acids is 2. The van der Waals surface area contributed by atoms with E-state index in [0.717, 1.165) is 16.1 Å². The van der Waals surface area contributed by atoms with Gasteiger partial charge in [0.25, 0.3) is 5.91 Å². The van der Waals surface area contributed by atoms with Crippen molar-refractivity contribution in [3.63, 3.8) is 0 Å².